The van der Waals surface area contributed by atoms with Crippen LogP contribution in [0.2, 0.25) is 0 Å². The third-order valence-corrected chi connectivity index (χ3v) is 5.66. The van der Waals surface area contributed by atoms with E-state index in [1.807, 2.05) is 49.4 Å². The number of aryl methyl sites for hydroxylation is 1. The highest BCUT2D eigenvalue weighted by atomic mass is 32.2. The Bertz CT molecular complexity index is 955. The average Bonchev–Trinajstić information content (AvgIpc) is 3.14. The summed E-state index contributed by atoms with van der Waals surface area (Å²) in [5, 5.41) is 3.33. The number of carbonyl (C=O) groups is 2. The van der Waals surface area contributed by atoms with E-state index in [1.54, 1.807) is 6.07 Å². The molecule has 7 heteroatoms. The SMILES string of the molecule is CC(=O)NCc1ccc(C(=O)CSc2nc(C)cc(-c3ccccc3)n2)s1. The Labute approximate surface area is 166 Å². The number of rotatable bonds is 7. The molecule has 5 nitrogen and oxygen atoms in total. The summed E-state index contributed by atoms with van der Waals surface area (Å²) in [7, 11) is 0. The van der Waals surface area contributed by atoms with Crippen molar-refractivity contribution in [2.24, 2.45) is 0 Å². The first-order chi connectivity index (χ1) is 13.0. The predicted molar refractivity (Wildman–Crippen MR) is 109 cm³/mol. The van der Waals surface area contributed by atoms with Crippen molar-refractivity contribution < 1.29 is 9.59 Å². The summed E-state index contributed by atoms with van der Waals surface area (Å²) in [6, 6.07) is 15.5. The minimum absolute atomic E-state index is 0.0328. The maximum absolute atomic E-state index is 12.5. The van der Waals surface area contributed by atoms with Gasteiger partial charge in [0.05, 0.1) is 22.9 Å². The third-order valence-electron chi connectivity index (χ3n) is 3.68. The Balaban J connectivity index is 1.65. The molecule has 0 bridgehead atoms. The van der Waals surface area contributed by atoms with E-state index in [9.17, 15) is 9.59 Å². The van der Waals surface area contributed by atoms with E-state index in [-0.39, 0.29) is 17.4 Å². The highest BCUT2D eigenvalue weighted by Crippen LogP contribution is 2.24. The van der Waals surface area contributed by atoms with Crippen LogP contribution >= 0.6 is 23.1 Å². The molecule has 0 saturated heterocycles. The summed E-state index contributed by atoms with van der Waals surface area (Å²) in [5.74, 6) is 0.223. The van der Waals surface area contributed by atoms with E-state index in [4.69, 9.17) is 0 Å². The van der Waals surface area contributed by atoms with Crippen molar-refractivity contribution in [3.05, 3.63) is 64.0 Å². The molecule has 0 atom stereocenters. The molecular formula is C20H19N3O2S2. The van der Waals surface area contributed by atoms with Crippen molar-refractivity contribution in [3.8, 4) is 11.3 Å². The van der Waals surface area contributed by atoms with Crippen LogP contribution in [0.3, 0.4) is 0 Å². The van der Waals surface area contributed by atoms with Gasteiger partial charge in [-0.1, -0.05) is 42.1 Å². The minimum Gasteiger partial charge on any atom is -0.351 e. The summed E-state index contributed by atoms with van der Waals surface area (Å²) < 4.78 is 0. The standard InChI is InChI=1S/C20H19N3O2S2/c1-13-10-17(15-6-4-3-5-7-15)23-20(22-13)26-12-18(25)19-9-8-16(27-19)11-21-14(2)24/h3-10H,11-12H2,1-2H3,(H,21,24). The number of thioether (sulfide) groups is 1. The Morgan fingerprint density at radius 1 is 1.11 bits per heavy atom. The lowest BCUT2D eigenvalue weighted by Gasteiger charge is -2.05. The highest BCUT2D eigenvalue weighted by Gasteiger charge is 2.12. The summed E-state index contributed by atoms with van der Waals surface area (Å²) in [6.07, 6.45) is 0. The lowest BCUT2D eigenvalue weighted by atomic mass is 10.1. The summed E-state index contributed by atoms with van der Waals surface area (Å²) in [4.78, 5) is 34.1. The van der Waals surface area contributed by atoms with Gasteiger partial charge in [0.2, 0.25) is 5.91 Å². The minimum atomic E-state index is -0.0855. The molecule has 1 N–H and O–H groups in total. The third kappa shape index (κ3) is 5.48. The van der Waals surface area contributed by atoms with Gasteiger partial charge in [-0.25, -0.2) is 9.97 Å². The maximum Gasteiger partial charge on any atom is 0.217 e. The van der Waals surface area contributed by atoms with Crippen LogP contribution in [-0.4, -0.2) is 27.4 Å². The zero-order valence-electron chi connectivity index (χ0n) is 15.1. The molecule has 0 aliphatic heterocycles. The fourth-order valence-electron chi connectivity index (χ4n) is 2.40. The van der Waals surface area contributed by atoms with E-state index in [0.29, 0.717) is 16.6 Å². The second-order valence-corrected chi connectivity index (χ2v) is 8.04. The Hall–Kier alpha value is -2.51. The van der Waals surface area contributed by atoms with Crippen LogP contribution in [0, 0.1) is 6.92 Å². The first kappa shape index (κ1) is 19.3. The number of hydrogen-bond donors (Lipinski definition) is 1. The normalized spacial score (nSPS) is 10.6. The molecule has 1 aromatic carbocycles. The number of aromatic nitrogens is 2. The predicted octanol–water partition coefficient (Wildman–Crippen LogP) is 4.12. The zero-order chi connectivity index (χ0) is 19.2. The summed E-state index contributed by atoms with van der Waals surface area (Å²) in [5.41, 5.74) is 2.75. The van der Waals surface area contributed by atoms with Crippen LogP contribution < -0.4 is 5.32 Å². The average molecular weight is 398 g/mol. The van der Waals surface area contributed by atoms with Crippen molar-refractivity contribution in [1.82, 2.24) is 15.3 Å². The van der Waals surface area contributed by atoms with E-state index < -0.39 is 0 Å². The van der Waals surface area contributed by atoms with Crippen molar-refractivity contribution in [3.63, 3.8) is 0 Å². The van der Waals surface area contributed by atoms with Gasteiger partial charge in [0.25, 0.3) is 0 Å². The second-order valence-electron chi connectivity index (χ2n) is 5.93. The number of benzene rings is 1. The van der Waals surface area contributed by atoms with Gasteiger partial charge in [-0.2, -0.15) is 0 Å². The van der Waals surface area contributed by atoms with Gasteiger partial charge in [0.15, 0.2) is 10.9 Å². The van der Waals surface area contributed by atoms with Crippen LogP contribution in [0.4, 0.5) is 0 Å². The summed E-state index contributed by atoms with van der Waals surface area (Å²) in [6.45, 7) is 3.84. The van der Waals surface area contributed by atoms with Gasteiger partial charge >= 0.3 is 0 Å². The highest BCUT2D eigenvalue weighted by molar-refractivity contribution is 7.99. The first-order valence-corrected chi connectivity index (χ1v) is 10.2. The number of amides is 1. The Kier molecular flexibility index (Phi) is 6.36. The van der Waals surface area contributed by atoms with Crippen molar-refractivity contribution >= 4 is 34.8 Å². The fraction of sp³-hybridized carbons (Fsp3) is 0.200. The molecule has 27 heavy (non-hydrogen) atoms. The number of hydrogen-bond acceptors (Lipinski definition) is 6. The van der Waals surface area contributed by atoms with Crippen LogP contribution in [0.15, 0.2) is 53.7 Å². The molecule has 1 amide bonds. The van der Waals surface area contributed by atoms with E-state index >= 15 is 0 Å². The fourth-order valence-corrected chi connectivity index (χ4v) is 4.16. The summed E-state index contributed by atoms with van der Waals surface area (Å²) >= 11 is 2.74. The van der Waals surface area contributed by atoms with Crippen LogP contribution in [0.25, 0.3) is 11.3 Å². The number of carbonyl (C=O) groups excluding carboxylic acids is 2. The van der Waals surface area contributed by atoms with Gasteiger partial charge in [0.1, 0.15) is 0 Å². The lowest BCUT2D eigenvalue weighted by Crippen LogP contribution is -2.18. The number of ketones is 1. The topological polar surface area (TPSA) is 72.0 Å². The monoisotopic (exact) mass is 397 g/mol. The quantitative estimate of drug-likeness (QED) is 0.369. The molecule has 3 aromatic rings. The van der Waals surface area contributed by atoms with Crippen LogP contribution in [-0.2, 0) is 11.3 Å². The van der Waals surface area contributed by atoms with Gasteiger partial charge in [0, 0.05) is 23.1 Å². The molecule has 138 valence electrons. The number of nitrogens with zero attached hydrogens (tertiary/aromatic N) is 2. The van der Waals surface area contributed by atoms with Crippen molar-refractivity contribution in [2.45, 2.75) is 25.5 Å². The molecule has 0 saturated carbocycles. The molecule has 3 rings (SSSR count). The number of thiophene rings is 1. The van der Waals surface area contributed by atoms with E-state index in [2.05, 4.69) is 15.3 Å². The number of Topliss-reactive ketones (excluding diaryl/α,β-unsaturated/α-hetero) is 1. The molecule has 2 aromatic heterocycles. The molecule has 0 spiro atoms. The molecule has 0 aliphatic carbocycles. The Morgan fingerprint density at radius 3 is 2.63 bits per heavy atom. The lowest BCUT2D eigenvalue weighted by molar-refractivity contribution is -0.119. The van der Waals surface area contributed by atoms with Gasteiger partial charge in [-0.05, 0) is 25.1 Å². The first-order valence-electron chi connectivity index (χ1n) is 8.41. The van der Waals surface area contributed by atoms with Crippen LogP contribution in [0.1, 0.15) is 27.2 Å². The van der Waals surface area contributed by atoms with Gasteiger partial charge in [-0.3, -0.25) is 9.59 Å². The zero-order valence-corrected chi connectivity index (χ0v) is 16.7. The van der Waals surface area contributed by atoms with Crippen molar-refractivity contribution in [1.29, 1.82) is 0 Å². The molecule has 0 unspecified atom stereocenters. The molecule has 0 radical (unpaired) electrons. The molecule has 2 heterocycles. The largest absolute Gasteiger partial charge is 0.351 e. The van der Waals surface area contributed by atoms with Gasteiger partial charge in [-0.15, -0.1) is 11.3 Å². The Morgan fingerprint density at radius 2 is 1.89 bits per heavy atom. The molecular weight excluding hydrogens is 378 g/mol. The van der Waals surface area contributed by atoms with E-state index in [1.165, 1.54) is 30.0 Å². The molecule has 0 aliphatic rings. The van der Waals surface area contributed by atoms with Crippen LogP contribution in [0.5, 0.6) is 0 Å². The van der Waals surface area contributed by atoms with E-state index in [0.717, 1.165) is 21.8 Å². The maximum atomic E-state index is 12.5. The smallest absolute Gasteiger partial charge is 0.217 e. The van der Waals surface area contributed by atoms with Gasteiger partial charge < -0.3 is 5.32 Å². The number of nitrogens with one attached hydrogen (secondary N) is 1. The molecule has 0 fully saturated rings. The second kappa shape index (κ2) is 8.92. The van der Waals surface area contributed by atoms with Crippen molar-refractivity contribution in [2.75, 3.05) is 5.75 Å².